The predicted molar refractivity (Wildman–Crippen MR) is 476 cm³/mol. The third-order valence-corrected chi connectivity index (χ3v) is 24.6. The molecule has 0 aromatic heterocycles. The molecule has 5 atom stereocenters. The number of nitrogens with zero attached hydrogens (tertiary/aromatic N) is 2. The molecule has 0 aromatic carbocycles. The quantitative estimate of drug-likeness (QED) is 0.0127. The standard InChI is InChI=1S/C44H82NO9PS.C43H78NO9P.CH4S.2CH4/c1-4-6-8-10-12-14-16-18-20-23-27-31-42(47)52-38-39(54-43(48)32-28-24-21-19-17-15-13-11-9-7-5-2)33-36-55(50,51)53-35-30-26-22-25-29-34-45-41(46)37-40(56-3)44(45)49;1-3-5-7-9-11-13-15-17-19-22-26-30-42(47)51-38-39(53-43(48)31-27-23-20-18-16-14-12-10-8-6-4-2)34-37-54(49,50)52-36-29-25-21-24-28-35-44-40(45)32-33-41(44)46;1-2;;/h39-40H,4-38H2,1-3H3,(H,50,51);32-33,39H,3-31,34-38H2,1-2H3,(H,49,50);2H,1H3;2*1H4/t39-,40?;39-;;;/m00.../s1. The maximum atomic E-state index is 12.9. The van der Waals surface area contributed by atoms with Gasteiger partial charge in [0.25, 0.3) is 11.8 Å². The summed E-state index contributed by atoms with van der Waals surface area (Å²) in [5.74, 6) is -2.15. The van der Waals surface area contributed by atoms with Gasteiger partial charge in [0.1, 0.15) is 25.4 Å². The highest BCUT2D eigenvalue weighted by Gasteiger charge is 2.37. The summed E-state index contributed by atoms with van der Waals surface area (Å²) in [6.07, 6.45) is 65.6. The number of carbonyl (C=O) groups excluding carboxylic acids is 8. The van der Waals surface area contributed by atoms with Crippen molar-refractivity contribution < 1.29 is 85.3 Å². The first-order valence-electron chi connectivity index (χ1n) is 45.3. The number of esters is 4. The van der Waals surface area contributed by atoms with Gasteiger partial charge >= 0.3 is 39.1 Å². The zero-order valence-electron chi connectivity index (χ0n) is 71.7. The predicted octanol–water partition coefficient (Wildman–Crippen LogP) is 25.0. The molecule has 0 bridgehead atoms. The average molecular weight is 1700 g/mol. The smallest absolute Gasteiger partial charge is 0.328 e. The first kappa shape index (κ1) is 115. The number of carbonyl (C=O) groups is 8. The molecule has 672 valence electrons. The summed E-state index contributed by atoms with van der Waals surface area (Å²) in [7, 11) is -7.88. The van der Waals surface area contributed by atoms with Crippen molar-refractivity contribution in [1.82, 2.24) is 9.80 Å². The van der Waals surface area contributed by atoms with Crippen LogP contribution in [0, 0.1) is 0 Å². The fourth-order valence-corrected chi connectivity index (χ4v) is 16.7. The highest BCUT2D eigenvalue weighted by molar-refractivity contribution is 8.00. The number of imide groups is 2. The molecule has 0 saturated carbocycles. The molecule has 0 spiro atoms. The molecule has 0 radical (unpaired) electrons. The van der Waals surface area contributed by atoms with Crippen LogP contribution in [0.15, 0.2) is 12.2 Å². The Bertz CT molecular complexity index is 2460. The summed E-state index contributed by atoms with van der Waals surface area (Å²) >= 11 is 4.94. The topological polar surface area (TPSA) is 273 Å². The molecule has 2 heterocycles. The van der Waals surface area contributed by atoms with Crippen LogP contribution in [0.4, 0.5) is 0 Å². The van der Waals surface area contributed by atoms with E-state index >= 15 is 0 Å². The Labute approximate surface area is 706 Å². The lowest BCUT2D eigenvalue weighted by Gasteiger charge is -2.20. The van der Waals surface area contributed by atoms with E-state index in [9.17, 15) is 57.3 Å². The van der Waals surface area contributed by atoms with Gasteiger partial charge in [0.05, 0.1) is 30.8 Å². The van der Waals surface area contributed by atoms with Gasteiger partial charge in [-0.2, -0.15) is 24.4 Å². The van der Waals surface area contributed by atoms with Crippen molar-refractivity contribution >= 4 is 87.1 Å². The number of rotatable bonds is 79. The Morgan fingerprint density at radius 1 is 0.395 bits per heavy atom. The van der Waals surface area contributed by atoms with E-state index in [1.807, 2.05) is 6.26 Å². The van der Waals surface area contributed by atoms with E-state index in [4.69, 9.17) is 28.0 Å². The second-order valence-corrected chi connectivity index (χ2v) is 36.2. The average Bonchev–Trinajstić information content (AvgIpc) is 1.69. The van der Waals surface area contributed by atoms with Crippen molar-refractivity contribution in [3.05, 3.63) is 12.2 Å². The number of ether oxygens (including phenoxy) is 4. The zero-order chi connectivity index (χ0) is 82.7. The molecule has 2 N–H and O–H groups in total. The lowest BCUT2D eigenvalue weighted by molar-refractivity contribution is -0.159. The molecular formula is C90H172N2O18P2S2. The van der Waals surface area contributed by atoms with Crippen LogP contribution in [0.5, 0.6) is 0 Å². The fourth-order valence-electron chi connectivity index (χ4n) is 13.8. The third kappa shape index (κ3) is 70.7. The van der Waals surface area contributed by atoms with Gasteiger partial charge < -0.3 is 37.8 Å². The van der Waals surface area contributed by atoms with Gasteiger partial charge in [0.2, 0.25) is 11.8 Å². The largest absolute Gasteiger partial charge is 0.462 e. The van der Waals surface area contributed by atoms with E-state index in [1.54, 1.807) is 6.26 Å². The van der Waals surface area contributed by atoms with Crippen molar-refractivity contribution in [3.8, 4) is 0 Å². The highest BCUT2D eigenvalue weighted by Crippen LogP contribution is 2.44. The van der Waals surface area contributed by atoms with E-state index in [0.29, 0.717) is 45.2 Å². The summed E-state index contributed by atoms with van der Waals surface area (Å²) in [6.45, 7) is 9.76. The zero-order valence-corrected chi connectivity index (χ0v) is 75.2. The minimum atomic E-state index is -3.94. The van der Waals surface area contributed by atoms with Crippen LogP contribution in [0.3, 0.4) is 0 Å². The van der Waals surface area contributed by atoms with Gasteiger partial charge in [0.15, 0.2) is 0 Å². The van der Waals surface area contributed by atoms with Gasteiger partial charge in [-0.05, 0) is 76.7 Å². The van der Waals surface area contributed by atoms with Crippen molar-refractivity contribution in [2.75, 3.05) is 64.4 Å². The van der Waals surface area contributed by atoms with Crippen LogP contribution in [-0.2, 0) is 75.5 Å². The van der Waals surface area contributed by atoms with Crippen LogP contribution in [0.2, 0.25) is 0 Å². The van der Waals surface area contributed by atoms with Gasteiger partial charge in [-0.3, -0.25) is 57.3 Å². The highest BCUT2D eigenvalue weighted by atomic mass is 32.2. The second-order valence-electron chi connectivity index (χ2n) is 31.2. The second kappa shape index (κ2) is 82.2. The number of amides is 4. The van der Waals surface area contributed by atoms with Crippen molar-refractivity contribution in [2.45, 2.75) is 452 Å². The van der Waals surface area contributed by atoms with E-state index in [2.05, 4.69) is 40.3 Å². The molecule has 0 aromatic rings. The lowest BCUT2D eigenvalue weighted by atomic mass is 10.1. The van der Waals surface area contributed by atoms with Crippen LogP contribution in [-0.4, -0.2) is 149 Å². The fraction of sp³-hybridized carbons (Fsp3) is 0.889. The summed E-state index contributed by atoms with van der Waals surface area (Å²) in [6, 6.07) is 0. The molecular weight excluding hydrogens is 1520 g/mol. The van der Waals surface area contributed by atoms with Crippen LogP contribution >= 0.6 is 39.6 Å². The molecule has 20 nitrogen and oxygen atoms in total. The maximum absolute atomic E-state index is 12.9. The van der Waals surface area contributed by atoms with Gasteiger partial charge in [-0.25, -0.2) is 0 Å². The Balaban J connectivity index is -0.00000208. The minimum absolute atomic E-state index is 0. The number of thiol groups is 1. The minimum Gasteiger partial charge on any atom is -0.462 e. The molecule has 2 rings (SSSR count). The summed E-state index contributed by atoms with van der Waals surface area (Å²) in [5.41, 5.74) is 0. The molecule has 1 fully saturated rings. The van der Waals surface area contributed by atoms with Crippen molar-refractivity contribution in [3.63, 3.8) is 0 Å². The molecule has 4 amide bonds. The van der Waals surface area contributed by atoms with E-state index < -0.39 is 27.4 Å². The van der Waals surface area contributed by atoms with Crippen LogP contribution < -0.4 is 0 Å². The number of unbranched alkanes of at least 4 members (excludes halogenated alkanes) is 48. The third-order valence-electron chi connectivity index (χ3n) is 20.9. The van der Waals surface area contributed by atoms with E-state index in [1.165, 1.54) is 239 Å². The maximum Gasteiger partial charge on any atom is 0.328 e. The summed E-state index contributed by atoms with van der Waals surface area (Å²) in [5, 5.41) is -0.255. The van der Waals surface area contributed by atoms with Crippen LogP contribution in [0.1, 0.15) is 434 Å². The molecule has 2 aliphatic rings. The molecule has 114 heavy (non-hydrogen) atoms. The molecule has 1 saturated heterocycles. The number of likely N-dealkylation sites (tertiary alicyclic amines) is 1. The summed E-state index contributed by atoms with van der Waals surface area (Å²) in [4.78, 5) is 122. The molecule has 0 aliphatic carbocycles. The van der Waals surface area contributed by atoms with Crippen molar-refractivity contribution in [1.29, 1.82) is 0 Å². The summed E-state index contributed by atoms with van der Waals surface area (Å²) < 4.78 is 58.8. The Kier molecular flexibility index (Phi) is 83.0. The van der Waals surface area contributed by atoms with E-state index in [-0.39, 0.29) is 138 Å². The number of hydrogen-bond donors (Lipinski definition) is 3. The van der Waals surface area contributed by atoms with Crippen LogP contribution in [0.25, 0.3) is 0 Å². The Morgan fingerprint density at radius 3 is 0.912 bits per heavy atom. The first-order chi connectivity index (χ1) is 54.3. The van der Waals surface area contributed by atoms with Gasteiger partial charge in [-0.15, -0.1) is 0 Å². The monoisotopic (exact) mass is 1700 g/mol. The number of thioether (sulfide) groups is 1. The molecule has 24 heteroatoms. The van der Waals surface area contributed by atoms with Gasteiger partial charge in [-0.1, -0.05) is 338 Å². The molecule has 3 unspecified atom stereocenters. The Morgan fingerprint density at radius 2 is 0.640 bits per heavy atom. The SMILES string of the molecule is C.C.CCCCCCCCCCCCCC(=O)OC[C@H](CCP(=O)(O)OCCCCCCCN1C(=O)C=CC1=O)OC(=O)CCCCCCCCCCCCC.CCCCCCCCCCCCCC(=O)OC[C@H](CCP(=O)(O)OCCCCCCCN1C(=O)CC(SC)C1=O)OC(=O)CCCCCCCCCCCCC.CS. The normalized spacial score (nSPS) is 14.8. The number of hydrogen-bond acceptors (Lipinski definition) is 18. The molecule has 2 aliphatic heterocycles. The lowest BCUT2D eigenvalue weighted by Crippen LogP contribution is -2.32. The van der Waals surface area contributed by atoms with E-state index in [0.717, 1.165) is 122 Å². The first-order valence-corrected chi connectivity index (χ1v) is 51.0. The van der Waals surface area contributed by atoms with Crippen molar-refractivity contribution in [2.24, 2.45) is 0 Å². The van der Waals surface area contributed by atoms with Gasteiger partial charge in [0, 0.05) is 57.3 Å². The Hall–Kier alpha value is -3.10.